The van der Waals surface area contributed by atoms with Gasteiger partial charge in [-0.1, -0.05) is 49.7 Å². The molecule has 1 aliphatic rings. The minimum absolute atomic E-state index is 0.185. The van der Waals surface area contributed by atoms with Crippen LogP contribution in [0.3, 0.4) is 0 Å². The Labute approximate surface area is 170 Å². The van der Waals surface area contributed by atoms with Crippen LogP contribution in [0.25, 0.3) is 0 Å². The Balaban J connectivity index is 1.77. The molecule has 0 saturated carbocycles. The second-order valence-corrected chi connectivity index (χ2v) is 7.82. The average Bonchev–Trinajstić information content (AvgIpc) is 2.89. The lowest BCUT2D eigenvalue weighted by molar-refractivity contribution is -0.126. The highest BCUT2D eigenvalue weighted by molar-refractivity contribution is 6.34. The summed E-state index contributed by atoms with van der Waals surface area (Å²) in [6.07, 6.45) is 1.00. The van der Waals surface area contributed by atoms with Gasteiger partial charge in [-0.25, -0.2) is 0 Å². The summed E-state index contributed by atoms with van der Waals surface area (Å²) in [4.78, 5) is 26.1. The van der Waals surface area contributed by atoms with Gasteiger partial charge in [-0.2, -0.15) is 0 Å². The number of rotatable bonds is 7. The third-order valence-electron chi connectivity index (χ3n) is 4.69. The van der Waals surface area contributed by atoms with Crippen LogP contribution in [0.4, 0.5) is 5.69 Å². The van der Waals surface area contributed by atoms with Crippen LogP contribution in [0.1, 0.15) is 44.4 Å². The van der Waals surface area contributed by atoms with E-state index in [1.54, 1.807) is 17.0 Å². The first kappa shape index (κ1) is 20.2. The van der Waals surface area contributed by atoms with Crippen molar-refractivity contribution in [2.24, 2.45) is 5.92 Å². The SMILES string of the molecule is CC(=O)N[C@H]1C(=O)N(Cc2ccc(OCCC(C)C)cc2)c2c(Cl)cccc21. The summed E-state index contributed by atoms with van der Waals surface area (Å²) in [5.74, 6) is 0.970. The zero-order valence-electron chi connectivity index (χ0n) is 16.4. The first-order valence-corrected chi connectivity index (χ1v) is 9.83. The van der Waals surface area contributed by atoms with Crippen molar-refractivity contribution in [3.05, 3.63) is 58.6 Å². The number of amides is 2. The topological polar surface area (TPSA) is 58.6 Å². The van der Waals surface area contributed by atoms with Crippen molar-refractivity contribution in [3.8, 4) is 5.75 Å². The summed E-state index contributed by atoms with van der Waals surface area (Å²) in [6.45, 7) is 6.78. The van der Waals surface area contributed by atoms with Gasteiger partial charge in [0.15, 0.2) is 0 Å². The van der Waals surface area contributed by atoms with E-state index in [2.05, 4.69) is 19.2 Å². The zero-order valence-corrected chi connectivity index (χ0v) is 17.1. The zero-order chi connectivity index (χ0) is 20.3. The van der Waals surface area contributed by atoms with E-state index >= 15 is 0 Å². The quantitative estimate of drug-likeness (QED) is 0.744. The largest absolute Gasteiger partial charge is 0.494 e. The number of ether oxygens (including phenoxy) is 1. The lowest BCUT2D eigenvalue weighted by Crippen LogP contribution is -2.36. The summed E-state index contributed by atoms with van der Waals surface area (Å²) in [6, 6.07) is 12.4. The predicted molar refractivity (Wildman–Crippen MR) is 111 cm³/mol. The second kappa shape index (κ2) is 8.65. The Morgan fingerprint density at radius 2 is 1.93 bits per heavy atom. The van der Waals surface area contributed by atoms with Gasteiger partial charge in [0.1, 0.15) is 11.8 Å². The summed E-state index contributed by atoms with van der Waals surface area (Å²) < 4.78 is 5.75. The second-order valence-electron chi connectivity index (χ2n) is 7.41. The number of carbonyl (C=O) groups is 2. The van der Waals surface area contributed by atoms with Crippen molar-refractivity contribution in [2.75, 3.05) is 11.5 Å². The maximum absolute atomic E-state index is 13.0. The highest BCUT2D eigenvalue weighted by atomic mass is 35.5. The van der Waals surface area contributed by atoms with Crippen LogP contribution in [0, 0.1) is 5.92 Å². The number of fused-ring (bicyclic) bond motifs is 1. The number of para-hydroxylation sites is 1. The fourth-order valence-corrected chi connectivity index (χ4v) is 3.52. The lowest BCUT2D eigenvalue weighted by atomic mass is 10.1. The van der Waals surface area contributed by atoms with E-state index in [9.17, 15) is 9.59 Å². The van der Waals surface area contributed by atoms with Gasteiger partial charge in [0, 0.05) is 12.5 Å². The van der Waals surface area contributed by atoms with Gasteiger partial charge in [0.25, 0.3) is 5.91 Å². The highest BCUT2D eigenvalue weighted by Gasteiger charge is 2.39. The number of hydrogen-bond donors (Lipinski definition) is 1. The molecule has 0 radical (unpaired) electrons. The van der Waals surface area contributed by atoms with E-state index in [1.807, 2.05) is 30.3 Å². The molecule has 1 N–H and O–H groups in total. The lowest BCUT2D eigenvalue weighted by Gasteiger charge is -2.19. The van der Waals surface area contributed by atoms with Crippen LogP contribution in [0.15, 0.2) is 42.5 Å². The van der Waals surface area contributed by atoms with E-state index in [1.165, 1.54) is 6.92 Å². The molecule has 0 bridgehead atoms. The van der Waals surface area contributed by atoms with Gasteiger partial charge in [0.05, 0.1) is 23.9 Å². The molecule has 28 heavy (non-hydrogen) atoms. The van der Waals surface area contributed by atoms with Crippen LogP contribution in [0.2, 0.25) is 5.02 Å². The minimum Gasteiger partial charge on any atom is -0.494 e. The molecule has 0 fully saturated rings. The third-order valence-corrected chi connectivity index (χ3v) is 4.99. The average molecular weight is 401 g/mol. The highest BCUT2D eigenvalue weighted by Crippen LogP contribution is 2.41. The molecule has 0 spiro atoms. The van der Waals surface area contributed by atoms with Crippen molar-refractivity contribution in [1.29, 1.82) is 0 Å². The molecule has 3 rings (SSSR count). The fraction of sp³-hybridized carbons (Fsp3) is 0.364. The molecule has 148 valence electrons. The van der Waals surface area contributed by atoms with Crippen molar-refractivity contribution >= 4 is 29.1 Å². The molecular formula is C22H25ClN2O3. The third kappa shape index (κ3) is 4.47. The smallest absolute Gasteiger partial charge is 0.254 e. The van der Waals surface area contributed by atoms with Gasteiger partial charge >= 0.3 is 0 Å². The number of carbonyl (C=O) groups excluding carboxylic acids is 2. The predicted octanol–water partition coefficient (Wildman–Crippen LogP) is 4.49. The standard InChI is InChI=1S/C22H25ClN2O3/c1-14(2)11-12-28-17-9-7-16(8-10-17)13-25-21-18(5-4-6-19(21)23)20(22(25)27)24-15(3)26/h4-10,14,20H,11-13H2,1-3H3,(H,24,26)/t20-/m1/s1. The van der Waals surface area contributed by atoms with Crippen molar-refractivity contribution < 1.29 is 14.3 Å². The summed E-state index contributed by atoms with van der Waals surface area (Å²) in [5.41, 5.74) is 2.34. The molecule has 1 atom stereocenters. The number of anilines is 1. The summed E-state index contributed by atoms with van der Waals surface area (Å²) in [5, 5.41) is 3.22. The molecule has 0 saturated heterocycles. The Morgan fingerprint density at radius 3 is 2.57 bits per heavy atom. The van der Waals surface area contributed by atoms with E-state index in [0.717, 1.165) is 23.3 Å². The monoisotopic (exact) mass is 400 g/mol. The molecule has 2 aromatic rings. The maximum atomic E-state index is 13.0. The van der Waals surface area contributed by atoms with Crippen molar-refractivity contribution in [1.82, 2.24) is 5.32 Å². The number of hydrogen-bond acceptors (Lipinski definition) is 3. The molecule has 1 heterocycles. The molecule has 0 aromatic heterocycles. The Bertz CT molecular complexity index is 865. The molecule has 2 aromatic carbocycles. The number of nitrogens with zero attached hydrogens (tertiary/aromatic N) is 1. The van der Waals surface area contributed by atoms with Crippen molar-refractivity contribution in [3.63, 3.8) is 0 Å². The number of halogens is 1. The van der Waals surface area contributed by atoms with Gasteiger partial charge in [0.2, 0.25) is 5.91 Å². The van der Waals surface area contributed by atoms with Gasteiger partial charge in [-0.3, -0.25) is 9.59 Å². The number of nitrogens with one attached hydrogen (secondary N) is 1. The minimum atomic E-state index is -0.704. The first-order valence-electron chi connectivity index (χ1n) is 9.45. The molecule has 2 amide bonds. The maximum Gasteiger partial charge on any atom is 0.254 e. The molecule has 5 nitrogen and oxygen atoms in total. The first-order chi connectivity index (χ1) is 13.4. The van der Waals surface area contributed by atoms with Crippen molar-refractivity contribution in [2.45, 2.75) is 39.8 Å². The van der Waals surface area contributed by atoms with Crippen LogP contribution in [0.5, 0.6) is 5.75 Å². The van der Waals surface area contributed by atoms with Gasteiger partial charge in [-0.15, -0.1) is 0 Å². The van der Waals surface area contributed by atoms with E-state index in [-0.39, 0.29) is 11.8 Å². The normalized spacial score (nSPS) is 15.7. The molecule has 1 aliphatic heterocycles. The van der Waals surface area contributed by atoms with Crippen LogP contribution < -0.4 is 15.0 Å². The molecule has 0 aliphatic carbocycles. The van der Waals surface area contributed by atoms with E-state index in [4.69, 9.17) is 16.3 Å². The Hall–Kier alpha value is -2.53. The molecule has 6 heteroatoms. The Morgan fingerprint density at radius 1 is 1.21 bits per heavy atom. The van der Waals surface area contributed by atoms with Crippen LogP contribution >= 0.6 is 11.6 Å². The molecule has 0 unspecified atom stereocenters. The van der Waals surface area contributed by atoms with Gasteiger partial charge in [-0.05, 0) is 36.1 Å². The fourth-order valence-electron chi connectivity index (χ4n) is 3.23. The van der Waals surface area contributed by atoms with Crippen LogP contribution in [-0.4, -0.2) is 18.4 Å². The summed E-state index contributed by atoms with van der Waals surface area (Å²) >= 11 is 6.38. The van der Waals surface area contributed by atoms with E-state index in [0.29, 0.717) is 29.8 Å². The molecular weight excluding hydrogens is 376 g/mol. The Kier molecular flexibility index (Phi) is 6.25. The number of benzene rings is 2. The van der Waals surface area contributed by atoms with Crippen LogP contribution in [-0.2, 0) is 16.1 Å². The van der Waals surface area contributed by atoms with Gasteiger partial charge < -0.3 is 15.0 Å². The summed E-state index contributed by atoms with van der Waals surface area (Å²) in [7, 11) is 0. The van der Waals surface area contributed by atoms with E-state index < -0.39 is 6.04 Å².